The molecule has 0 atom stereocenters. The van der Waals surface area contributed by atoms with E-state index in [0.29, 0.717) is 11.1 Å². The highest BCUT2D eigenvalue weighted by atomic mass is 32.1. The fourth-order valence-corrected chi connectivity index (χ4v) is 10.4. The third kappa shape index (κ3) is 3.65. The summed E-state index contributed by atoms with van der Waals surface area (Å²) in [4.78, 5) is 40.4. The minimum Gasteiger partial charge on any atom is -0.309 e. The van der Waals surface area contributed by atoms with Crippen molar-refractivity contribution < 1.29 is 9.59 Å². The van der Waals surface area contributed by atoms with Gasteiger partial charge in [-0.3, -0.25) is 9.59 Å². The first-order valence-corrected chi connectivity index (χ1v) is 15.7. The first-order chi connectivity index (χ1) is 18.0. The third-order valence-electron chi connectivity index (χ3n) is 7.23. The molecular formula is C30H28N2O2S4. The number of carbonyl (C=O) groups excluding carboxylic acids is 2. The number of thiophene rings is 4. The van der Waals surface area contributed by atoms with E-state index in [9.17, 15) is 9.59 Å². The Balaban J connectivity index is 1.53. The zero-order valence-corrected chi connectivity index (χ0v) is 25.9. The zero-order chi connectivity index (χ0) is 27.2. The SMILES string of the molecule is Cc1cc(C)c(-c2cc(C)c(C3=C4C(=O)N(C)C(c5sc(-c6sc(C)cc6C)cc5C)=C4C(=O)N3C)s2)s1. The normalized spacial score (nSPS) is 15.7. The van der Waals surface area contributed by atoms with Gasteiger partial charge in [0.15, 0.2) is 0 Å². The van der Waals surface area contributed by atoms with Crippen LogP contribution < -0.4 is 0 Å². The van der Waals surface area contributed by atoms with Gasteiger partial charge in [0.2, 0.25) is 0 Å². The van der Waals surface area contributed by atoms with Crippen molar-refractivity contribution in [2.45, 2.75) is 41.5 Å². The predicted octanol–water partition coefficient (Wildman–Crippen LogP) is 8.18. The third-order valence-corrected chi connectivity index (χ3v) is 12.4. The van der Waals surface area contributed by atoms with Gasteiger partial charge in [0.25, 0.3) is 11.8 Å². The molecule has 2 aliphatic rings. The molecule has 0 saturated carbocycles. The topological polar surface area (TPSA) is 40.6 Å². The fraction of sp³-hybridized carbons (Fsp3) is 0.267. The van der Waals surface area contributed by atoms with Crippen molar-refractivity contribution >= 4 is 68.6 Å². The molecule has 0 aromatic carbocycles. The lowest BCUT2D eigenvalue weighted by Gasteiger charge is -2.19. The molecule has 0 bridgehead atoms. The highest BCUT2D eigenvalue weighted by Crippen LogP contribution is 2.51. The summed E-state index contributed by atoms with van der Waals surface area (Å²) in [5.41, 5.74) is 7.21. The van der Waals surface area contributed by atoms with Crippen molar-refractivity contribution in [2.75, 3.05) is 14.1 Å². The molecule has 8 heteroatoms. The van der Waals surface area contributed by atoms with E-state index in [-0.39, 0.29) is 11.8 Å². The van der Waals surface area contributed by atoms with Crippen molar-refractivity contribution in [2.24, 2.45) is 0 Å². The summed E-state index contributed by atoms with van der Waals surface area (Å²) in [5, 5.41) is 0. The van der Waals surface area contributed by atoms with Crippen molar-refractivity contribution in [1.29, 1.82) is 0 Å². The van der Waals surface area contributed by atoms with E-state index in [1.807, 2.05) is 0 Å². The molecule has 0 spiro atoms. The second kappa shape index (κ2) is 8.88. The molecular weight excluding hydrogens is 549 g/mol. The fourth-order valence-electron chi connectivity index (χ4n) is 5.49. The lowest BCUT2D eigenvalue weighted by molar-refractivity contribution is -0.123. The highest BCUT2D eigenvalue weighted by molar-refractivity contribution is 7.23. The Bertz CT molecular complexity index is 1630. The van der Waals surface area contributed by atoms with Gasteiger partial charge in [-0.1, -0.05) is 0 Å². The van der Waals surface area contributed by atoms with Gasteiger partial charge < -0.3 is 9.80 Å². The van der Waals surface area contributed by atoms with E-state index in [0.717, 1.165) is 32.3 Å². The van der Waals surface area contributed by atoms with Crippen LogP contribution in [-0.2, 0) is 9.59 Å². The lowest BCUT2D eigenvalue weighted by Crippen LogP contribution is -2.25. The first-order valence-electron chi connectivity index (χ1n) is 12.4. The smallest absolute Gasteiger partial charge is 0.261 e. The Hall–Kier alpha value is -2.78. The van der Waals surface area contributed by atoms with E-state index in [1.165, 1.54) is 40.4 Å². The van der Waals surface area contributed by atoms with Crippen molar-refractivity contribution in [3.63, 3.8) is 0 Å². The minimum atomic E-state index is -0.113. The van der Waals surface area contributed by atoms with Crippen LogP contribution in [-0.4, -0.2) is 35.7 Å². The van der Waals surface area contributed by atoms with Crippen LogP contribution in [0.25, 0.3) is 30.9 Å². The molecule has 0 fully saturated rings. The van der Waals surface area contributed by atoms with E-state index in [4.69, 9.17) is 0 Å². The van der Waals surface area contributed by atoms with Crippen molar-refractivity contribution in [1.82, 2.24) is 9.80 Å². The molecule has 4 aromatic heterocycles. The van der Waals surface area contributed by atoms with Crippen LogP contribution in [0.5, 0.6) is 0 Å². The summed E-state index contributed by atoms with van der Waals surface area (Å²) in [6.45, 7) is 12.7. The van der Waals surface area contributed by atoms with Crippen LogP contribution in [0.3, 0.4) is 0 Å². The molecule has 0 aliphatic carbocycles. The second-order valence-electron chi connectivity index (χ2n) is 10.2. The molecule has 194 valence electrons. The van der Waals surface area contributed by atoms with Gasteiger partial charge in [0.05, 0.1) is 32.3 Å². The standard InChI is InChI=1S/C30H28N2O2S4/c1-13-9-17(5)35-25(13)19-11-15(3)27(37-19)23-21-22(30(34)31(23)7)24(32(8)29(21)33)28-16(4)12-20(38-28)26-14(2)10-18(6)36-26/h9-12H,1-8H3. The number of rotatable bonds is 4. The van der Waals surface area contributed by atoms with Gasteiger partial charge in [0.1, 0.15) is 0 Å². The quantitative estimate of drug-likeness (QED) is 0.246. The summed E-state index contributed by atoms with van der Waals surface area (Å²) in [5.74, 6) is -0.226. The Morgan fingerprint density at radius 3 is 1.16 bits per heavy atom. The molecule has 2 amide bonds. The van der Waals surface area contributed by atoms with E-state index < -0.39 is 0 Å². The van der Waals surface area contributed by atoms with Gasteiger partial charge in [0, 0.05) is 43.4 Å². The number of nitrogens with zero attached hydrogens (tertiary/aromatic N) is 2. The molecule has 38 heavy (non-hydrogen) atoms. The highest BCUT2D eigenvalue weighted by Gasteiger charge is 2.48. The Morgan fingerprint density at radius 1 is 0.500 bits per heavy atom. The summed E-state index contributed by atoms with van der Waals surface area (Å²) < 4.78 is 0. The maximum Gasteiger partial charge on any atom is 0.261 e. The van der Waals surface area contributed by atoms with Crippen LogP contribution in [0.15, 0.2) is 35.4 Å². The number of fused-ring (bicyclic) bond motifs is 1. The average molecular weight is 577 g/mol. The molecule has 0 N–H and O–H groups in total. The van der Waals surface area contributed by atoms with E-state index in [1.54, 1.807) is 69.2 Å². The summed E-state index contributed by atoms with van der Waals surface area (Å²) in [6, 6.07) is 8.80. The van der Waals surface area contributed by atoms with Gasteiger partial charge in [-0.15, -0.1) is 45.3 Å². The maximum absolute atomic E-state index is 13.8. The number of carbonyl (C=O) groups is 2. The van der Waals surface area contributed by atoms with Gasteiger partial charge in [-0.2, -0.15) is 0 Å². The molecule has 0 unspecified atom stereocenters. The molecule has 6 heterocycles. The zero-order valence-electron chi connectivity index (χ0n) is 22.7. The van der Waals surface area contributed by atoms with E-state index >= 15 is 0 Å². The number of aryl methyl sites for hydroxylation is 6. The number of hydrogen-bond acceptors (Lipinski definition) is 6. The van der Waals surface area contributed by atoms with Gasteiger partial charge >= 0.3 is 0 Å². The van der Waals surface area contributed by atoms with Crippen LogP contribution in [0.1, 0.15) is 41.8 Å². The van der Waals surface area contributed by atoms with Crippen LogP contribution >= 0.6 is 45.3 Å². The van der Waals surface area contributed by atoms with E-state index in [2.05, 4.69) is 65.8 Å². The minimum absolute atomic E-state index is 0.113. The van der Waals surface area contributed by atoms with Crippen LogP contribution in [0, 0.1) is 41.5 Å². The Labute approximate surface area is 239 Å². The van der Waals surface area contributed by atoms with Crippen molar-refractivity contribution in [3.05, 3.63) is 77.2 Å². The van der Waals surface area contributed by atoms with Crippen LogP contribution in [0.2, 0.25) is 0 Å². The number of amides is 2. The molecule has 2 aliphatic heterocycles. The summed E-state index contributed by atoms with van der Waals surface area (Å²) >= 11 is 6.92. The monoisotopic (exact) mass is 576 g/mol. The average Bonchev–Trinajstić information content (AvgIpc) is 3.66. The first kappa shape index (κ1) is 25.5. The number of hydrogen-bond donors (Lipinski definition) is 0. The molecule has 6 rings (SSSR count). The Morgan fingerprint density at radius 2 is 0.842 bits per heavy atom. The largest absolute Gasteiger partial charge is 0.309 e. The summed E-state index contributed by atoms with van der Waals surface area (Å²) in [7, 11) is 3.59. The number of likely N-dealkylation sites (N-methyl/N-ethyl adjacent to an activating group) is 2. The van der Waals surface area contributed by atoms with Gasteiger partial charge in [-0.05, 0) is 88.1 Å². The van der Waals surface area contributed by atoms with Gasteiger partial charge in [-0.25, -0.2) is 0 Å². The summed E-state index contributed by atoms with van der Waals surface area (Å²) in [6.07, 6.45) is 0. The van der Waals surface area contributed by atoms with Crippen molar-refractivity contribution in [3.8, 4) is 19.5 Å². The molecule has 0 radical (unpaired) electrons. The second-order valence-corrected chi connectivity index (χ2v) is 14.8. The molecule has 4 nitrogen and oxygen atoms in total. The Kier molecular flexibility index (Phi) is 5.96. The maximum atomic E-state index is 13.8. The molecule has 4 aromatic rings. The lowest BCUT2D eigenvalue weighted by atomic mass is 10.1. The molecule has 0 saturated heterocycles. The predicted molar refractivity (Wildman–Crippen MR) is 163 cm³/mol. The van der Waals surface area contributed by atoms with Crippen LogP contribution in [0.4, 0.5) is 0 Å².